The molecule has 0 saturated carbocycles. The van der Waals surface area contributed by atoms with E-state index in [1.807, 2.05) is 4.98 Å². The number of fused-ring (bicyclic) bond motifs is 2. The molecule has 4 heterocycles. The minimum atomic E-state index is -5.14. The molecule has 3 aliphatic heterocycles. The maximum Gasteiger partial charge on any atom is 0.472 e. The largest absolute Gasteiger partial charge is 0.508 e. The van der Waals surface area contributed by atoms with E-state index in [-0.39, 0.29) is 45.6 Å². The second kappa shape index (κ2) is 14.7. The minimum absolute atomic E-state index is 0.0420. The number of aromatic amines is 1. The van der Waals surface area contributed by atoms with Crippen molar-refractivity contribution in [3.8, 4) is 40.2 Å². The molecule has 3 aromatic carbocycles. The monoisotopic (exact) mass is 788 g/mol. The lowest BCUT2D eigenvalue weighted by Gasteiger charge is -2.36. The van der Waals surface area contributed by atoms with Crippen LogP contribution in [-0.4, -0.2) is 102 Å². The number of ketones is 1. The smallest absolute Gasteiger partial charge is 0.472 e. The fraction of sp³-hybridized carbons (Fsp3) is 0.324. The van der Waals surface area contributed by atoms with Gasteiger partial charge in [-0.3, -0.25) is 28.2 Å². The molecule has 9 atom stereocenters. The molecule has 0 aliphatic carbocycles. The van der Waals surface area contributed by atoms with Gasteiger partial charge in [-0.15, -0.1) is 0 Å². The van der Waals surface area contributed by atoms with Crippen molar-refractivity contribution < 1.29 is 77.6 Å². The number of aromatic hydroxyl groups is 3. The summed E-state index contributed by atoms with van der Waals surface area (Å²) >= 11 is 0. The highest BCUT2D eigenvalue weighted by Crippen LogP contribution is 2.51. The molecular formula is C34H33N2O18P. The van der Waals surface area contributed by atoms with Crippen LogP contribution in [0.4, 0.5) is 0 Å². The zero-order valence-electron chi connectivity index (χ0n) is 28.3. The molecule has 8 N–H and O–H groups in total. The number of aromatic nitrogens is 2. The van der Waals surface area contributed by atoms with Crippen LogP contribution in [0.15, 0.2) is 70.4 Å². The number of benzene rings is 3. The van der Waals surface area contributed by atoms with Gasteiger partial charge in [0.2, 0.25) is 5.78 Å². The Hall–Kier alpha value is -5.44. The third kappa shape index (κ3) is 7.24. The molecule has 20 nitrogen and oxygen atoms in total. The Morgan fingerprint density at radius 2 is 1.58 bits per heavy atom. The summed E-state index contributed by atoms with van der Waals surface area (Å²) in [7, 11) is -3.83. The Balaban J connectivity index is 1.14. The molecule has 55 heavy (non-hydrogen) atoms. The van der Waals surface area contributed by atoms with Crippen LogP contribution in [0.3, 0.4) is 0 Å². The summed E-state index contributed by atoms with van der Waals surface area (Å²) in [5, 5.41) is 62.1. The number of ether oxygens (including phenoxy) is 5. The van der Waals surface area contributed by atoms with E-state index in [0.29, 0.717) is 5.56 Å². The summed E-state index contributed by atoms with van der Waals surface area (Å²) in [4.78, 5) is 49.6. The molecule has 1 saturated heterocycles. The zero-order chi connectivity index (χ0) is 39.3. The number of carbonyl (C=O) groups is 1. The van der Waals surface area contributed by atoms with Crippen LogP contribution in [0.1, 0.15) is 39.9 Å². The number of methoxy groups -OCH3 is 1. The average molecular weight is 789 g/mol. The van der Waals surface area contributed by atoms with Crippen LogP contribution in [0.5, 0.6) is 40.2 Å². The van der Waals surface area contributed by atoms with Crippen molar-refractivity contribution in [2.24, 2.45) is 0 Å². The van der Waals surface area contributed by atoms with E-state index < -0.39 is 92.8 Å². The van der Waals surface area contributed by atoms with Crippen LogP contribution >= 0.6 is 7.82 Å². The standard InChI is InChI=1S/C34H33N2O18P/c1-48-20-8-14(2-4-17(20)39)30-24(13-49-55(46,47)54-32-23(12-37)53-33(29(32)44)36-7-6-25(41)35-34(36)45)50-19-5-3-15(9-21(19)51-30)31-28(43)27(42)26-18(40)10-16(38)11-22(26)52-31/h2-11,23-24,28-33,37-40,43-44H,12-13H2,1H3,(H,46,47)(H,35,41,45)/t23-,24-,28+,29-,30-,31-,32-,33-/m1/s1. The number of phosphoric acid groups is 1. The number of nitrogens with zero attached hydrogens (tertiary/aromatic N) is 1. The molecule has 0 bridgehead atoms. The second-order valence-corrected chi connectivity index (χ2v) is 14.0. The Bertz CT molecular complexity index is 2290. The average Bonchev–Trinajstić information content (AvgIpc) is 3.44. The summed E-state index contributed by atoms with van der Waals surface area (Å²) in [6.07, 6.45) is -10.9. The number of H-pyrrole nitrogens is 1. The van der Waals surface area contributed by atoms with Crippen molar-refractivity contribution in [3.63, 3.8) is 0 Å². The van der Waals surface area contributed by atoms with Crippen LogP contribution in [0.25, 0.3) is 0 Å². The lowest BCUT2D eigenvalue weighted by atomic mass is 9.92. The third-order valence-corrected chi connectivity index (χ3v) is 10.1. The first kappa shape index (κ1) is 37.9. The van der Waals surface area contributed by atoms with Crippen LogP contribution in [0, 0.1) is 0 Å². The number of hydrogen-bond acceptors (Lipinski definition) is 17. The van der Waals surface area contributed by atoms with Gasteiger partial charge >= 0.3 is 13.5 Å². The molecule has 4 aromatic rings. The van der Waals surface area contributed by atoms with Crippen LogP contribution in [0.2, 0.25) is 0 Å². The summed E-state index contributed by atoms with van der Waals surface area (Å²) in [6.45, 7) is -1.52. The van der Waals surface area contributed by atoms with E-state index >= 15 is 0 Å². The number of hydrogen-bond donors (Lipinski definition) is 8. The highest BCUT2D eigenvalue weighted by molar-refractivity contribution is 7.47. The van der Waals surface area contributed by atoms with Crippen molar-refractivity contribution in [1.82, 2.24) is 9.55 Å². The van der Waals surface area contributed by atoms with E-state index in [4.69, 9.17) is 32.7 Å². The maximum atomic E-state index is 13.3. The molecule has 1 unspecified atom stereocenters. The van der Waals surface area contributed by atoms with Gasteiger partial charge in [0.05, 0.1) is 20.3 Å². The molecule has 1 aromatic heterocycles. The fourth-order valence-corrected chi connectivity index (χ4v) is 7.44. The quantitative estimate of drug-likeness (QED) is 0.102. The number of Topliss-reactive ketones (excluding diaryl/α,β-unsaturated/α-hetero) is 1. The lowest BCUT2D eigenvalue weighted by molar-refractivity contribution is -0.0556. The van der Waals surface area contributed by atoms with E-state index in [0.717, 1.165) is 29.0 Å². The molecule has 1 fully saturated rings. The predicted molar refractivity (Wildman–Crippen MR) is 181 cm³/mol. The molecule has 3 aliphatic rings. The van der Waals surface area contributed by atoms with Gasteiger partial charge in [0.15, 0.2) is 53.6 Å². The van der Waals surface area contributed by atoms with Gasteiger partial charge < -0.3 is 59.2 Å². The Labute approximate surface area is 308 Å². The molecule has 0 amide bonds. The van der Waals surface area contributed by atoms with E-state index in [9.17, 15) is 54.5 Å². The van der Waals surface area contributed by atoms with Gasteiger partial charge in [0.25, 0.3) is 5.56 Å². The van der Waals surface area contributed by atoms with Crippen molar-refractivity contribution in [1.29, 1.82) is 0 Å². The highest BCUT2D eigenvalue weighted by atomic mass is 31.2. The summed E-state index contributed by atoms with van der Waals surface area (Å²) < 4.78 is 53.7. The van der Waals surface area contributed by atoms with Crippen molar-refractivity contribution in [3.05, 3.63) is 98.3 Å². The predicted octanol–water partition coefficient (Wildman–Crippen LogP) is 0.673. The van der Waals surface area contributed by atoms with E-state index in [2.05, 4.69) is 0 Å². The number of aliphatic hydroxyl groups is 3. The number of rotatable bonds is 10. The Morgan fingerprint density at radius 1 is 0.855 bits per heavy atom. The summed E-state index contributed by atoms with van der Waals surface area (Å²) in [5.41, 5.74) is -1.44. The van der Waals surface area contributed by atoms with Gasteiger partial charge in [-0.25, -0.2) is 9.36 Å². The summed E-state index contributed by atoms with van der Waals surface area (Å²) in [6, 6.07) is 11.5. The molecule has 7 rings (SSSR count). The number of phenolic OH excluding ortho intramolecular Hbond substituents is 3. The maximum absolute atomic E-state index is 13.3. The van der Waals surface area contributed by atoms with E-state index in [1.54, 1.807) is 0 Å². The van der Waals surface area contributed by atoms with E-state index in [1.165, 1.54) is 43.5 Å². The first-order chi connectivity index (χ1) is 26.2. The SMILES string of the molecule is COc1cc([C@H]2Oc3cc([C@H]4Oc5cc(O)cc(O)c5C(=O)[C@@H]4O)ccc3O[C@@H]2COP(=O)(O)O[C@H]2[C@@H](O)[C@H](n3ccc(=O)[nH]c3=O)O[C@@H]2CO)ccc1O. The van der Waals surface area contributed by atoms with Crippen molar-refractivity contribution >= 4 is 13.6 Å². The normalized spacial score (nSPS) is 26.8. The molecule has 0 spiro atoms. The Morgan fingerprint density at radius 3 is 2.31 bits per heavy atom. The van der Waals surface area contributed by atoms with Gasteiger partial charge in [0.1, 0.15) is 41.1 Å². The summed E-state index contributed by atoms with van der Waals surface area (Å²) in [5.74, 6) is -2.02. The fourth-order valence-electron chi connectivity index (χ4n) is 6.47. The van der Waals surface area contributed by atoms with Crippen LogP contribution < -0.4 is 30.2 Å². The second-order valence-electron chi connectivity index (χ2n) is 12.6. The number of nitrogens with one attached hydrogen (secondary N) is 1. The molecule has 21 heteroatoms. The number of carbonyl (C=O) groups excluding carboxylic acids is 1. The number of phenols is 3. The molecular weight excluding hydrogens is 755 g/mol. The first-order valence-electron chi connectivity index (χ1n) is 16.4. The Kier molecular flexibility index (Phi) is 10.1. The zero-order valence-corrected chi connectivity index (χ0v) is 29.2. The van der Waals surface area contributed by atoms with Gasteiger partial charge in [-0.2, -0.15) is 0 Å². The topological polar surface area (TPSA) is 295 Å². The van der Waals surface area contributed by atoms with Gasteiger partial charge in [-0.1, -0.05) is 12.1 Å². The number of aliphatic hydroxyl groups excluding tert-OH is 3. The first-order valence-corrected chi connectivity index (χ1v) is 17.9. The van der Waals surface area contributed by atoms with Crippen molar-refractivity contribution in [2.75, 3.05) is 20.3 Å². The van der Waals surface area contributed by atoms with Crippen LogP contribution in [-0.2, 0) is 18.3 Å². The molecule has 0 radical (unpaired) electrons. The van der Waals surface area contributed by atoms with Gasteiger partial charge in [0, 0.05) is 30.0 Å². The highest BCUT2D eigenvalue weighted by Gasteiger charge is 2.49. The third-order valence-electron chi connectivity index (χ3n) is 9.09. The van der Waals surface area contributed by atoms with Gasteiger partial charge in [-0.05, 0) is 29.8 Å². The lowest BCUT2D eigenvalue weighted by Crippen LogP contribution is -2.39. The van der Waals surface area contributed by atoms with Crippen molar-refractivity contribution in [2.45, 2.75) is 49.0 Å². The number of phosphoric ester groups is 1. The minimum Gasteiger partial charge on any atom is -0.508 e. The molecule has 292 valence electrons.